The standard InChI is InChI=1S/C21H19NO5/c1-5-16(23-10-18-12-25-18)6-2-14(1)20-9-22-21(27-20)15-3-7-17(8-4-15)24-11-19-13-26-19/h1-9,18-19H,10-13H2. The smallest absolute Gasteiger partial charge is 0.226 e. The van der Waals surface area contributed by atoms with Crippen molar-refractivity contribution < 1.29 is 23.4 Å². The van der Waals surface area contributed by atoms with Gasteiger partial charge in [0.2, 0.25) is 5.89 Å². The van der Waals surface area contributed by atoms with Gasteiger partial charge in [-0.3, -0.25) is 0 Å². The first-order chi connectivity index (χ1) is 13.3. The lowest BCUT2D eigenvalue weighted by molar-refractivity contribution is 0.263. The maximum atomic E-state index is 5.92. The Hall–Kier alpha value is -2.83. The van der Waals surface area contributed by atoms with Crippen molar-refractivity contribution >= 4 is 0 Å². The van der Waals surface area contributed by atoms with Gasteiger partial charge in [-0.2, -0.15) is 0 Å². The highest BCUT2D eigenvalue weighted by Gasteiger charge is 2.23. The van der Waals surface area contributed by atoms with E-state index in [-0.39, 0.29) is 12.2 Å². The van der Waals surface area contributed by atoms with Crippen LogP contribution in [0.25, 0.3) is 22.8 Å². The molecule has 1 aromatic heterocycles. The maximum absolute atomic E-state index is 5.92. The fourth-order valence-corrected chi connectivity index (χ4v) is 2.66. The number of nitrogens with zero attached hydrogens (tertiary/aromatic N) is 1. The number of ether oxygens (including phenoxy) is 4. The van der Waals surface area contributed by atoms with Gasteiger partial charge in [-0.1, -0.05) is 0 Å². The van der Waals surface area contributed by atoms with Gasteiger partial charge in [0.25, 0.3) is 0 Å². The molecule has 3 aromatic rings. The van der Waals surface area contributed by atoms with Crippen LogP contribution in [0.1, 0.15) is 0 Å². The molecule has 2 aliphatic heterocycles. The number of benzene rings is 2. The van der Waals surface area contributed by atoms with E-state index >= 15 is 0 Å². The summed E-state index contributed by atoms with van der Waals surface area (Å²) in [6.07, 6.45) is 2.23. The third kappa shape index (κ3) is 4.13. The largest absolute Gasteiger partial charge is 0.491 e. The lowest BCUT2D eigenvalue weighted by atomic mass is 10.2. The molecular formula is C21H19NO5. The first-order valence-corrected chi connectivity index (χ1v) is 8.99. The summed E-state index contributed by atoms with van der Waals surface area (Å²) < 4.78 is 27.5. The lowest BCUT2D eigenvalue weighted by Gasteiger charge is -2.05. The number of rotatable bonds is 8. The molecule has 2 unspecified atom stereocenters. The van der Waals surface area contributed by atoms with Gasteiger partial charge in [0, 0.05) is 11.1 Å². The highest BCUT2D eigenvalue weighted by Crippen LogP contribution is 2.28. The van der Waals surface area contributed by atoms with Gasteiger partial charge in [-0.15, -0.1) is 0 Å². The van der Waals surface area contributed by atoms with E-state index < -0.39 is 0 Å². The third-order valence-corrected chi connectivity index (χ3v) is 4.42. The van der Waals surface area contributed by atoms with Gasteiger partial charge >= 0.3 is 0 Å². The number of hydrogen-bond acceptors (Lipinski definition) is 6. The molecule has 2 saturated heterocycles. The topological polar surface area (TPSA) is 69.5 Å². The molecule has 2 aliphatic rings. The summed E-state index contributed by atoms with van der Waals surface area (Å²) in [5.74, 6) is 2.93. The van der Waals surface area contributed by atoms with Crippen molar-refractivity contribution in [3.63, 3.8) is 0 Å². The van der Waals surface area contributed by atoms with Crippen molar-refractivity contribution in [3.05, 3.63) is 54.7 Å². The van der Waals surface area contributed by atoms with Gasteiger partial charge in [0.1, 0.15) is 36.9 Å². The Morgan fingerprint density at radius 3 is 1.81 bits per heavy atom. The van der Waals surface area contributed by atoms with Crippen LogP contribution in [0.2, 0.25) is 0 Å². The van der Waals surface area contributed by atoms with Gasteiger partial charge < -0.3 is 23.4 Å². The molecule has 0 radical (unpaired) electrons. The van der Waals surface area contributed by atoms with Crippen molar-refractivity contribution in [2.24, 2.45) is 0 Å². The number of aromatic nitrogens is 1. The zero-order chi connectivity index (χ0) is 18.1. The molecule has 27 heavy (non-hydrogen) atoms. The molecule has 138 valence electrons. The maximum Gasteiger partial charge on any atom is 0.226 e. The Bertz CT molecular complexity index is 821. The van der Waals surface area contributed by atoms with Crippen LogP contribution in [0.15, 0.2) is 59.1 Å². The van der Waals surface area contributed by atoms with E-state index in [1.54, 1.807) is 6.20 Å². The molecule has 3 heterocycles. The molecule has 0 bridgehead atoms. The van der Waals surface area contributed by atoms with Crippen molar-refractivity contribution in [2.75, 3.05) is 26.4 Å². The van der Waals surface area contributed by atoms with Crippen molar-refractivity contribution in [3.8, 4) is 34.3 Å². The minimum Gasteiger partial charge on any atom is -0.491 e. The molecule has 0 spiro atoms. The van der Waals surface area contributed by atoms with Crippen LogP contribution in [0.4, 0.5) is 0 Å². The Morgan fingerprint density at radius 2 is 1.30 bits per heavy atom. The second kappa shape index (κ2) is 7.06. The Kier molecular flexibility index (Phi) is 4.27. The van der Waals surface area contributed by atoms with Crippen LogP contribution < -0.4 is 9.47 Å². The van der Waals surface area contributed by atoms with Crippen LogP contribution in [-0.4, -0.2) is 43.6 Å². The van der Waals surface area contributed by atoms with Gasteiger partial charge in [-0.05, 0) is 48.5 Å². The van der Waals surface area contributed by atoms with Crippen molar-refractivity contribution in [2.45, 2.75) is 12.2 Å². The average Bonchev–Trinajstić information content (AvgIpc) is 3.65. The van der Waals surface area contributed by atoms with E-state index in [1.165, 1.54) is 0 Å². The van der Waals surface area contributed by atoms with Crippen LogP contribution in [0.5, 0.6) is 11.5 Å². The van der Waals surface area contributed by atoms with E-state index in [4.69, 9.17) is 23.4 Å². The fourth-order valence-electron chi connectivity index (χ4n) is 2.66. The average molecular weight is 365 g/mol. The molecule has 2 atom stereocenters. The third-order valence-electron chi connectivity index (χ3n) is 4.42. The Morgan fingerprint density at radius 1 is 0.778 bits per heavy atom. The summed E-state index contributed by atoms with van der Waals surface area (Å²) in [5.41, 5.74) is 1.86. The molecule has 6 heteroatoms. The second-order valence-corrected chi connectivity index (χ2v) is 6.61. The lowest BCUT2D eigenvalue weighted by Crippen LogP contribution is -2.03. The molecule has 2 aromatic carbocycles. The molecule has 0 saturated carbocycles. The number of epoxide rings is 2. The SMILES string of the molecule is c1cc(-c2cnc(-c3ccc(OCC4CO4)cc3)o2)ccc1OCC1CO1. The molecule has 2 fully saturated rings. The second-order valence-electron chi connectivity index (χ2n) is 6.61. The normalized spacial score (nSPS) is 20.3. The summed E-state index contributed by atoms with van der Waals surface area (Å²) in [7, 11) is 0. The number of hydrogen-bond donors (Lipinski definition) is 0. The minimum atomic E-state index is 0.248. The Labute approximate surface area is 156 Å². The van der Waals surface area contributed by atoms with E-state index in [1.807, 2.05) is 48.5 Å². The van der Waals surface area contributed by atoms with E-state index in [0.717, 1.165) is 35.8 Å². The fraction of sp³-hybridized carbons (Fsp3) is 0.286. The quantitative estimate of drug-likeness (QED) is 0.569. The molecule has 0 N–H and O–H groups in total. The van der Waals surface area contributed by atoms with E-state index in [0.29, 0.717) is 24.9 Å². The summed E-state index contributed by atoms with van der Waals surface area (Å²) >= 11 is 0. The highest BCUT2D eigenvalue weighted by atomic mass is 16.6. The molecule has 5 rings (SSSR count). The Balaban J connectivity index is 1.24. The van der Waals surface area contributed by atoms with E-state index in [2.05, 4.69) is 4.98 Å². The zero-order valence-electron chi connectivity index (χ0n) is 14.7. The minimum absolute atomic E-state index is 0.248. The summed E-state index contributed by atoms with van der Waals surface area (Å²) in [5, 5.41) is 0. The summed E-state index contributed by atoms with van der Waals surface area (Å²) in [4.78, 5) is 4.39. The highest BCUT2D eigenvalue weighted by molar-refractivity contribution is 5.62. The molecular weight excluding hydrogens is 346 g/mol. The van der Waals surface area contributed by atoms with E-state index in [9.17, 15) is 0 Å². The number of oxazole rings is 1. The first-order valence-electron chi connectivity index (χ1n) is 8.99. The van der Waals surface area contributed by atoms with Crippen molar-refractivity contribution in [1.29, 1.82) is 0 Å². The van der Waals surface area contributed by atoms with Crippen LogP contribution in [0, 0.1) is 0 Å². The summed E-state index contributed by atoms with van der Waals surface area (Å²) in [6.45, 7) is 2.77. The van der Waals surface area contributed by atoms with Crippen LogP contribution in [0.3, 0.4) is 0 Å². The zero-order valence-corrected chi connectivity index (χ0v) is 14.7. The first kappa shape index (κ1) is 16.4. The van der Waals surface area contributed by atoms with Crippen molar-refractivity contribution in [1.82, 2.24) is 4.98 Å². The molecule has 6 nitrogen and oxygen atoms in total. The van der Waals surface area contributed by atoms with Gasteiger partial charge in [0.15, 0.2) is 5.76 Å². The molecule has 0 aliphatic carbocycles. The van der Waals surface area contributed by atoms with Crippen LogP contribution >= 0.6 is 0 Å². The summed E-state index contributed by atoms with van der Waals surface area (Å²) in [6, 6.07) is 15.5. The predicted molar refractivity (Wildman–Crippen MR) is 97.8 cm³/mol. The monoisotopic (exact) mass is 365 g/mol. The van der Waals surface area contributed by atoms with Gasteiger partial charge in [-0.25, -0.2) is 4.98 Å². The predicted octanol–water partition coefficient (Wildman–Crippen LogP) is 3.56. The molecule has 0 amide bonds. The van der Waals surface area contributed by atoms with Gasteiger partial charge in [0.05, 0.1) is 19.4 Å². The van der Waals surface area contributed by atoms with Crippen LogP contribution in [-0.2, 0) is 9.47 Å².